The summed E-state index contributed by atoms with van der Waals surface area (Å²) in [6, 6.07) is 1.76. The Morgan fingerprint density at radius 2 is 2.29 bits per heavy atom. The lowest BCUT2D eigenvalue weighted by molar-refractivity contribution is -0.129. The summed E-state index contributed by atoms with van der Waals surface area (Å²) in [5, 5.41) is 7.85. The summed E-state index contributed by atoms with van der Waals surface area (Å²) < 4.78 is 22.3. The first-order valence-electron chi connectivity index (χ1n) is 4.28. The number of sulfone groups is 1. The van der Waals surface area contributed by atoms with E-state index < -0.39 is 15.1 Å². The summed E-state index contributed by atoms with van der Waals surface area (Å²) in [5.41, 5.74) is 0. The number of carbonyl (C=O) groups is 1. The Kier molecular flexibility index (Phi) is 3.11. The van der Waals surface area contributed by atoms with Crippen LogP contribution in [0, 0.1) is 11.3 Å². The molecule has 0 aliphatic carbocycles. The van der Waals surface area contributed by atoms with Gasteiger partial charge in [0, 0.05) is 19.3 Å². The van der Waals surface area contributed by atoms with E-state index in [0.717, 1.165) is 0 Å². The molecule has 1 rings (SSSR count). The smallest absolute Gasteiger partial charge is 0.236 e. The minimum Gasteiger partial charge on any atom is -0.340 e. The lowest BCUT2D eigenvalue weighted by Gasteiger charge is -2.13. The van der Waals surface area contributed by atoms with Gasteiger partial charge >= 0.3 is 0 Å². The number of hydrogen-bond donors (Lipinski definition) is 0. The molecule has 0 radical (unpaired) electrons. The van der Waals surface area contributed by atoms with Crippen LogP contribution < -0.4 is 0 Å². The van der Waals surface area contributed by atoms with Gasteiger partial charge in [-0.1, -0.05) is 0 Å². The van der Waals surface area contributed by atoms with Crippen LogP contribution in [0.1, 0.15) is 12.8 Å². The fraction of sp³-hybridized carbons (Fsp3) is 0.750. The second-order valence-corrected chi connectivity index (χ2v) is 5.74. The Labute approximate surface area is 83.2 Å². The van der Waals surface area contributed by atoms with Crippen molar-refractivity contribution in [2.24, 2.45) is 0 Å². The normalized spacial score (nSPS) is 22.0. The average molecular weight is 216 g/mol. The van der Waals surface area contributed by atoms with E-state index in [4.69, 9.17) is 5.26 Å². The van der Waals surface area contributed by atoms with Gasteiger partial charge in [-0.05, 0) is 6.42 Å². The molecule has 0 bridgehead atoms. The molecule has 14 heavy (non-hydrogen) atoms. The van der Waals surface area contributed by atoms with Crippen molar-refractivity contribution >= 4 is 15.7 Å². The Balaban J connectivity index is 2.59. The van der Waals surface area contributed by atoms with Gasteiger partial charge < -0.3 is 4.90 Å². The monoisotopic (exact) mass is 216 g/mol. The first kappa shape index (κ1) is 11.0. The topological polar surface area (TPSA) is 78.2 Å². The molecule has 1 saturated heterocycles. The van der Waals surface area contributed by atoms with Gasteiger partial charge in [0.1, 0.15) is 6.42 Å². The number of hydrogen-bond acceptors (Lipinski definition) is 4. The van der Waals surface area contributed by atoms with Gasteiger partial charge in [0.05, 0.1) is 11.3 Å². The summed E-state index contributed by atoms with van der Waals surface area (Å²) in [7, 11) is -3.06. The number of likely N-dealkylation sites (tertiary alicyclic amines) is 1. The molecule has 1 aliphatic heterocycles. The van der Waals surface area contributed by atoms with Gasteiger partial charge in [-0.15, -0.1) is 0 Å². The fourth-order valence-corrected chi connectivity index (χ4v) is 2.47. The van der Waals surface area contributed by atoms with E-state index in [0.29, 0.717) is 13.0 Å². The highest BCUT2D eigenvalue weighted by Crippen LogP contribution is 2.16. The maximum atomic E-state index is 11.2. The first-order valence-corrected chi connectivity index (χ1v) is 6.24. The molecular formula is C8H12N2O3S. The number of nitriles is 1. The van der Waals surface area contributed by atoms with E-state index >= 15 is 0 Å². The van der Waals surface area contributed by atoms with Gasteiger partial charge in [0.2, 0.25) is 5.91 Å². The predicted octanol–water partition coefficient (Wildman–Crippen LogP) is -0.454. The quantitative estimate of drug-likeness (QED) is 0.626. The van der Waals surface area contributed by atoms with Gasteiger partial charge in [-0.25, -0.2) is 8.42 Å². The third kappa shape index (κ3) is 2.45. The molecule has 0 saturated carbocycles. The molecule has 1 fully saturated rings. The van der Waals surface area contributed by atoms with Crippen LogP contribution in [0.3, 0.4) is 0 Å². The molecule has 0 aromatic carbocycles. The van der Waals surface area contributed by atoms with Gasteiger partial charge in [0.15, 0.2) is 9.84 Å². The van der Waals surface area contributed by atoms with Crippen molar-refractivity contribution in [2.75, 3.05) is 19.3 Å². The van der Waals surface area contributed by atoms with E-state index in [1.54, 1.807) is 6.07 Å². The summed E-state index contributed by atoms with van der Waals surface area (Å²) in [4.78, 5) is 12.7. The number of amides is 1. The minimum atomic E-state index is -3.06. The van der Waals surface area contributed by atoms with Crippen LogP contribution in [0.4, 0.5) is 0 Å². The molecule has 0 aromatic heterocycles. The van der Waals surface area contributed by atoms with Gasteiger partial charge in [-0.3, -0.25) is 4.79 Å². The molecule has 1 heterocycles. The van der Waals surface area contributed by atoms with Crippen molar-refractivity contribution in [3.63, 3.8) is 0 Å². The molecule has 1 aliphatic rings. The molecule has 0 aromatic rings. The molecule has 0 spiro atoms. The fourth-order valence-electron chi connectivity index (χ4n) is 1.48. The highest BCUT2D eigenvalue weighted by molar-refractivity contribution is 7.91. The third-order valence-corrected chi connectivity index (χ3v) is 3.93. The largest absolute Gasteiger partial charge is 0.340 e. The zero-order valence-corrected chi connectivity index (χ0v) is 8.75. The Hall–Kier alpha value is -1.09. The van der Waals surface area contributed by atoms with Gasteiger partial charge in [-0.2, -0.15) is 5.26 Å². The zero-order chi connectivity index (χ0) is 10.8. The van der Waals surface area contributed by atoms with Crippen LogP contribution in [0.15, 0.2) is 0 Å². The molecule has 5 nitrogen and oxygen atoms in total. The highest BCUT2D eigenvalue weighted by Gasteiger charge is 2.32. The number of carbonyl (C=O) groups excluding carboxylic acids is 1. The van der Waals surface area contributed by atoms with Crippen LogP contribution in [-0.2, 0) is 14.6 Å². The van der Waals surface area contributed by atoms with Crippen LogP contribution in [0.5, 0.6) is 0 Å². The Bertz CT molecular complexity index is 369. The summed E-state index contributed by atoms with van der Waals surface area (Å²) in [6.07, 6.45) is 1.49. The van der Waals surface area contributed by atoms with E-state index in [1.807, 2.05) is 0 Å². The molecule has 1 atom stereocenters. The van der Waals surface area contributed by atoms with Crippen molar-refractivity contribution in [3.8, 4) is 6.07 Å². The third-order valence-electron chi connectivity index (χ3n) is 2.33. The molecule has 0 N–H and O–H groups in total. The lowest BCUT2D eigenvalue weighted by Crippen LogP contribution is -2.31. The predicted molar refractivity (Wildman–Crippen MR) is 50.1 cm³/mol. The number of rotatable bonds is 2. The van der Waals surface area contributed by atoms with Crippen LogP contribution in [-0.4, -0.2) is 43.8 Å². The van der Waals surface area contributed by atoms with Crippen molar-refractivity contribution in [3.05, 3.63) is 0 Å². The molecule has 78 valence electrons. The van der Waals surface area contributed by atoms with Gasteiger partial charge in [0.25, 0.3) is 0 Å². The molecule has 6 heteroatoms. The summed E-state index contributed by atoms with van der Waals surface area (Å²) in [6.45, 7) is 0.678. The zero-order valence-electron chi connectivity index (χ0n) is 7.93. The van der Waals surface area contributed by atoms with Crippen LogP contribution >= 0.6 is 0 Å². The second kappa shape index (κ2) is 3.96. The summed E-state index contributed by atoms with van der Waals surface area (Å²) >= 11 is 0. The van der Waals surface area contributed by atoms with Crippen molar-refractivity contribution in [1.82, 2.24) is 4.90 Å². The van der Waals surface area contributed by atoms with Crippen LogP contribution in [0.25, 0.3) is 0 Å². The molecule has 1 amide bonds. The average Bonchev–Trinajstić information content (AvgIpc) is 2.51. The standard InChI is InChI=1S/C8H12N2O3S/c1-14(12,13)7-3-5-10(6-7)8(11)2-4-9/h7H,2-3,5-6H2,1H3. The van der Waals surface area contributed by atoms with E-state index in [1.165, 1.54) is 11.2 Å². The SMILES string of the molecule is CS(=O)(=O)C1CCN(C(=O)CC#N)C1. The number of nitrogens with zero attached hydrogens (tertiary/aromatic N) is 2. The Morgan fingerprint density at radius 3 is 2.71 bits per heavy atom. The first-order chi connectivity index (χ1) is 6.45. The molecule has 1 unspecified atom stereocenters. The summed E-state index contributed by atoms with van der Waals surface area (Å²) in [5.74, 6) is -0.279. The van der Waals surface area contributed by atoms with Crippen molar-refractivity contribution in [1.29, 1.82) is 5.26 Å². The van der Waals surface area contributed by atoms with Crippen molar-refractivity contribution in [2.45, 2.75) is 18.1 Å². The molecular weight excluding hydrogens is 204 g/mol. The van der Waals surface area contributed by atoms with Crippen LogP contribution in [0.2, 0.25) is 0 Å². The van der Waals surface area contributed by atoms with Crippen molar-refractivity contribution < 1.29 is 13.2 Å². The van der Waals surface area contributed by atoms with E-state index in [9.17, 15) is 13.2 Å². The highest BCUT2D eigenvalue weighted by atomic mass is 32.2. The van der Waals surface area contributed by atoms with E-state index in [-0.39, 0.29) is 18.9 Å². The second-order valence-electron chi connectivity index (χ2n) is 3.41. The maximum absolute atomic E-state index is 11.2. The minimum absolute atomic E-state index is 0.170. The lowest BCUT2D eigenvalue weighted by atomic mass is 10.4. The van der Waals surface area contributed by atoms with E-state index in [2.05, 4.69) is 0 Å². The maximum Gasteiger partial charge on any atom is 0.236 e. The Morgan fingerprint density at radius 1 is 1.64 bits per heavy atom.